The summed E-state index contributed by atoms with van der Waals surface area (Å²) in [5, 5.41) is 0. The van der Waals surface area contributed by atoms with Crippen LogP contribution in [0.15, 0.2) is 53.4 Å². The monoisotopic (exact) mass is 486 g/mol. The molecule has 0 unspecified atom stereocenters. The van der Waals surface area contributed by atoms with Crippen LogP contribution >= 0.6 is 0 Å². The third-order valence-corrected chi connectivity index (χ3v) is 8.28. The van der Waals surface area contributed by atoms with Gasteiger partial charge in [0.05, 0.1) is 10.5 Å². The van der Waals surface area contributed by atoms with Gasteiger partial charge in [-0.1, -0.05) is 12.1 Å². The molecule has 2 aliphatic rings. The number of sulfonamides is 1. The van der Waals surface area contributed by atoms with E-state index in [1.54, 1.807) is 18.2 Å². The van der Waals surface area contributed by atoms with E-state index in [4.69, 9.17) is 4.74 Å². The molecule has 0 N–H and O–H groups in total. The van der Waals surface area contributed by atoms with E-state index in [9.17, 15) is 26.0 Å². The number of alkyl halides is 3. The van der Waals surface area contributed by atoms with Crippen LogP contribution in [0.4, 0.5) is 17.6 Å². The number of halogens is 4. The molecule has 180 valence electrons. The molecular weight excluding hydrogens is 460 g/mol. The lowest BCUT2D eigenvalue weighted by Crippen LogP contribution is -2.50. The number of rotatable bonds is 5. The van der Waals surface area contributed by atoms with Crippen molar-refractivity contribution in [3.63, 3.8) is 0 Å². The summed E-state index contributed by atoms with van der Waals surface area (Å²) in [6.45, 7) is 2.21. The van der Waals surface area contributed by atoms with Crippen LogP contribution in [-0.4, -0.2) is 55.9 Å². The Labute approximate surface area is 191 Å². The second kappa shape index (κ2) is 9.60. The first-order valence-corrected chi connectivity index (χ1v) is 12.4. The second-order valence-electron chi connectivity index (χ2n) is 8.44. The topological polar surface area (TPSA) is 49.9 Å². The summed E-state index contributed by atoms with van der Waals surface area (Å²) in [6, 6.07) is 10.2. The van der Waals surface area contributed by atoms with Crippen molar-refractivity contribution in [1.82, 2.24) is 9.21 Å². The predicted octanol–water partition coefficient (Wildman–Crippen LogP) is 4.54. The van der Waals surface area contributed by atoms with E-state index in [1.165, 1.54) is 10.4 Å². The van der Waals surface area contributed by atoms with Crippen LogP contribution in [0.3, 0.4) is 0 Å². The van der Waals surface area contributed by atoms with E-state index in [1.807, 2.05) is 0 Å². The third-order valence-electron chi connectivity index (χ3n) is 6.37. The SMILES string of the molecule is O=S(=O)(c1ccc(C(F)(F)F)cc1)N1CCC(N2CCC(Oc3ccccc3F)CC2)CC1. The van der Waals surface area contributed by atoms with Crippen molar-refractivity contribution < 1.29 is 30.7 Å². The van der Waals surface area contributed by atoms with Gasteiger partial charge in [-0.3, -0.25) is 0 Å². The summed E-state index contributed by atoms with van der Waals surface area (Å²) in [5.74, 6) is -0.112. The zero-order valence-electron chi connectivity index (χ0n) is 18.0. The average Bonchev–Trinajstić information content (AvgIpc) is 2.81. The first-order chi connectivity index (χ1) is 15.6. The van der Waals surface area contributed by atoms with Crippen LogP contribution in [0.2, 0.25) is 0 Å². The number of ether oxygens (including phenoxy) is 1. The standard InChI is InChI=1S/C23H26F4N2O3S/c24-21-3-1-2-4-22(21)32-19-11-13-28(14-12-19)18-9-15-29(16-10-18)33(30,31)20-7-5-17(6-8-20)23(25,26)27/h1-8,18-19H,9-16H2. The fraction of sp³-hybridized carbons (Fsp3) is 0.478. The quantitative estimate of drug-likeness (QED) is 0.583. The van der Waals surface area contributed by atoms with Gasteiger partial charge in [0, 0.05) is 32.2 Å². The summed E-state index contributed by atoms with van der Waals surface area (Å²) in [5.41, 5.74) is -0.873. The van der Waals surface area contributed by atoms with Crippen LogP contribution in [0.1, 0.15) is 31.2 Å². The highest BCUT2D eigenvalue weighted by Crippen LogP contribution is 2.31. The fourth-order valence-electron chi connectivity index (χ4n) is 4.49. The molecule has 4 rings (SSSR count). The van der Waals surface area contributed by atoms with Gasteiger partial charge in [-0.15, -0.1) is 0 Å². The van der Waals surface area contributed by atoms with Crippen LogP contribution < -0.4 is 4.74 Å². The minimum atomic E-state index is -4.51. The van der Waals surface area contributed by atoms with E-state index < -0.39 is 21.8 Å². The van der Waals surface area contributed by atoms with Gasteiger partial charge in [-0.2, -0.15) is 17.5 Å². The highest BCUT2D eigenvalue weighted by atomic mass is 32.2. The maximum Gasteiger partial charge on any atom is 0.416 e. The number of likely N-dealkylation sites (tertiary alicyclic amines) is 1. The Kier molecular flexibility index (Phi) is 6.97. The number of benzene rings is 2. The minimum absolute atomic E-state index is 0.0571. The highest BCUT2D eigenvalue weighted by molar-refractivity contribution is 7.89. The minimum Gasteiger partial charge on any atom is -0.487 e. The van der Waals surface area contributed by atoms with Gasteiger partial charge in [0.2, 0.25) is 10.0 Å². The molecule has 2 aromatic rings. The number of para-hydroxylation sites is 1. The molecule has 0 aromatic heterocycles. The molecule has 10 heteroatoms. The van der Waals surface area contributed by atoms with Crippen molar-refractivity contribution in [2.45, 2.75) is 48.9 Å². The number of nitrogens with zero attached hydrogens (tertiary/aromatic N) is 2. The van der Waals surface area contributed by atoms with Crippen molar-refractivity contribution >= 4 is 10.0 Å². The Balaban J connectivity index is 1.29. The molecule has 0 saturated carbocycles. The third kappa shape index (κ3) is 5.50. The molecule has 0 radical (unpaired) electrons. The van der Waals surface area contributed by atoms with E-state index in [0.717, 1.165) is 50.2 Å². The molecule has 0 aliphatic carbocycles. The summed E-state index contributed by atoms with van der Waals surface area (Å²) in [6.07, 6.45) is -1.74. The lowest BCUT2D eigenvalue weighted by atomic mass is 10.00. The van der Waals surface area contributed by atoms with Crippen LogP contribution in [0.5, 0.6) is 5.75 Å². The zero-order valence-corrected chi connectivity index (χ0v) is 18.8. The molecule has 2 aliphatic heterocycles. The zero-order chi connectivity index (χ0) is 23.6. The summed E-state index contributed by atoms with van der Waals surface area (Å²) >= 11 is 0. The Morgan fingerprint density at radius 3 is 2.03 bits per heavy atom. The van der Waals surface area contributed by atoms with E-state index in [-0.39, 0.29) is 28.6 Å². The molecule has 5 nitrogen and oxygen atoms in total. The molecule has 2 fully saturated rings. The number of hydrogen-bond acceptors (Lipinski definition) is 4. The lowest BCUT2D eigenvalue weighted by molar-refractivity contribution is -0.137. The molecule has 2 heterocycles. The van der Waals surface area contributed by atoms with Gasteiger partial charge >= 0.3 is 6.18 Å². The van der Waals surface area contributed by atoms with Gasteiger partial charge in [-0.05, 0) is 62.1 Å². The largest absolute Gasteiger partial charge is 0.487 e. The summed E-state index contributed by atoms with van der Waals surface area (Å²) < 4.78 is 84.9. The molecule has 0 amide bonds. The van der Waals surface area contributed by atoms with Gasteiger partial charge in [0.1, 0.15) is 6.10 Å². The number of piperidine rings is 2. The van der Waals surface area contributed by atoms with Crippen molar-refractivity contribution in [3.8, 4) is 5.75 Å². The van der Waals surface area contributed by atoms with Crippen LogP contribution in [0, 0.1) is 5.82 Å². The maximum absolute atomic E-state index is 13.8. The molecule has 0 spiro atoms. The lowest BCUT2D eigenvalue weighted by Gasteiger charge is -2.41. The summed E-state index contributed by atoms with van der Waals surface area (Å²) in [7, 11) is -3.83. The average molecular weight is 487 g/mol. The molecule has 2 saturated heterocycles. The van der Waals surface area contributed by atoms with Crippen molar-refractivity contribution in [2.24, 2.45) is 0 Å². The van der Waals surface area contributed by atoms with E-state index in [2.05, 4.69) is 4.90 Å². The van der Waals surface area contributed by atoms with E-state index >= 15 is 0 Å². The van der Waals surface area contributed by atoms with Crippen LogP contribution in [-0.2, 0) is 16.2 Å². The van der Waals surface area contributed by atoms with Gasteiger partial charge in [0.15, 0.2) is 11.6 Å². The van der Waals surface area contributed by atoms with Gasteiger partial charge in [0.25, 0.3) is 0 Å². The first kappa shape index (κ1) is 24.0. The smallest absolute Gasteiger partial charge is 0.416 e. The Bertz CT molecular complexity index is 1040. The van der Waals surface area contributed by atoms with Crippen molar-refractivity contribution in [1.29, 1.82) is 0 Å². The Morgan fingerprint density at radius 1 is 0.848 bits per heavy atom. The first-order valence-electron chi connectivity index (χ1n) is 11.0. The van der Waals surface area contributed by atoms with Crippen molar-refractivity contribution in [2.75, 3.05) is 26.2 Å². The molecule has 0 bridgehead atoms. The maximum atomic E-state index is 13.8. The molecule has 33 heavy (non-hydrogen) atoms. The van der Waals surface area contributed by atoms with Crippen molar-refractivity contribution in [3.05, 3.63) is 59.9 Å². The molecule has 0 atom stereocenters. The molecule has 2 aromatic carbocycles. The van der Waals surface area contributed by atoms with Gasteiger partial charge < -0.3 is 9.64 Å². The van der Waals surface area contributed by atoms with E-state index in [0.29, 0.717) is 25.9 Å². The van der Waals surface area contributed by atoms with Gasteiger partial charge in [-0.25, -0.2) is 12.8 Å². The summed E-state index contributed by atoms with van der Waals surface area (Å²) in [4.78, 5) is 2.20. The number of hydrogen-bond donors (Lipinski definition) is 0. The Hall–Kier alpha value is -2.17. The predicted molar refractivity (Wildman–Crippen MR) is 115 cm³/mol. The fourth-order valence-corrected chi connectivity index (χ4v) is 5.96. The molecular formula is C23H26F4N2O3S. The second-order valence-corrected chi connectivity index (χ2v) is 10.4. The van der Waals surface area contributed by atoms with Crippen LogP contribution in [0.25, 0.3) is 0 Å². The Morgan fingerprint density at radius 2 is 1.45 bits per heavy atom. The normalized spacial score (nSPS) is 20.1. The highest BCUT2D eigenvalue weighted by Gasteiger charge is 2.35.